The van der Waals surface area contributed by atoms with Crippen molar-refractivity contribution in [2.45, 2.75) is 31.7 Å². The summed E-state index contributed by atoms with van der Waals surface area (Å²) in [5, 5.41) is 22.3. The molecule has 96 valence electrons. The Kier molecular flexibility index (Phi) is 2.65. The molecule has 0 atom stereocenters. The van der Waals surface area contributed by atoms with Gasteiger partial charge < -0.3 is 15.5 Å². The number of hydrogen-bond donors (Lipinski definition) is 3. The van der Waals surface area contributed by atoms with E-state index in [4.69, 9.17) is 0 Å². The number of hydrogen-bond acceptors (Lipinski definition) is 3. The molecule has 0 radical (unpaired) electrons. The van der Waals surface area contributed by atoms with E-state index in [9.17, 15) is 15.0 Å². The first-order valence-electron chi connectivity index (χ1n) is 6.48. The van der Waals surface area contributed by atoms with Crippen LogP contribution in [0.5, 0.6) is 11.5 Å². The molecule has 1 aromatic carbocycles. The van der Waals surface area contributed by atoms with E-state index in [1.165, 1.54) is 43.9 Å². The van der Waals surface area contributed by atoms with Gasteiger partial charge in [0.15, 0.2) is 0 Å². The van der Waals surface area contributed by atoms with Gasteiger partial charge in [-0.15, -0.1) is 0 Å². The Bertz CT molecular complexity index is 446. The van der Waals surface area contributed by atoms with Crippen molar-refractivity contribution in [2.24, 2.45) is 11.8 Å². The molecule has 2 aliphatic carbocycles. The number of carbonyl (C=O) groups is 1. The Morgan fingerprint density at radius 1 is 1.11 bits per heavy atom. The fraction of sp³-hybridized carbons (Fsp3) is 0.500. The highest BCUT2D eigenvalue weighted by Crippen LogP contribution is 2.44. The van der Waals surface area contributed by atoms with Crippen molar-refractivity contribution < 1.29 is 15.0 Å². The second kappa shape index (κ2) is 4.19. The molecular formula is C14H17NO3. The van der Waals surface area contributed by atoms with Gasteiger partial charge in [-0.2, -0.15) is 0 Å². The molecule has 2 aliphatic rings. The average Bonchev–Trinajstić information content (AvgIpc) is 3.17. The Balaban J connectivity index is 1.77. The van der Waals surface area contributed by atoms with E-state index in [2.05, 4.69) is 5.32 Å². The third-order valence-electron chi connectivity index (χ3n) is 3.81. The van der Waals surface area contributed by atoms with Crippen LogP contribution < -0.4 is 5.32 Å². The summed E-state index contributed by atoms with van der Waals surface area (Å²) in [6, 6.07) is 4.56. The van der Waals surface area contributed by atoms with Gasteiger partial charge >= 0.3 is 0 Å². The molecule has 0 spiro atoms. The third-order valence-corrected chi connectivity index (χ3v) is 3.81. The number of carbonyl (C=O) groups excluding carboxylic acids is 1. The molecule has 4 nitrogen and oxygen atoms in total. The van der Waals surface area contributed by atoms with Crippen molar-refractivity contribution in [2.75, 3.05) is 0 Å². The quantitative estimate of drug-likeness (QED) is 0.762. The molecule has 0 aromatic heterocycles. The molecule has 2 saturated carbocycles. The molecule has 0 aliphatic heterocycles. The van der Waals surface area contributed by atoms with Crippen LogP contribution in [-0.2, 0) is 0 Å². The van der Waals surface area contributed by atoms with Crippen LogP contribution in [0.2, 0.25) is 0 Å². The van der Waals surface area contributed by atoms with Gasteiger partial charge in [-0.05, 0) is 49.7 Å². The van der Waals surface area contributed by atoms with Crippen molar-refractivity contribution in [3.05, 3.63) is 23.8 Å². The summed E-state index contributed by atoms with van der Waals surface area (Å²) >= 11 is 0. The molecule has 0 saturated heterocycles. The predicted molar refractivity (Wildman–Crippen MR) is 66.5 cm³/mol. The minimum atomic E-state index is -0.366. The van der Waals surface area contributed by atoms with Gasteiger partial charge in [0, 0.05) is 6.04 Å². The first-order valence-corrected chi connectivity index (χ1v) is 6.48. The lowest BCUT2D eigenvalue weighted by molar-refractivity contribution is 0.0921. The van der Waals surface area contributed by atoms with Gasteiger partial charge in [-0.1, -0.05) is 6.07 Å². The monoisotopic (exact) mass is 247 g/mol. The fourth-order valence-electron chi connectivity index (χ4n) is 2.52. The van der Waals surface area contributed by atoms with Gasteiger partial charge in [0.2, 0.25) is 0 Å². The summed E-state index contributed by atoms with van der Waals surface area (Å²) in [6.45, 7) is 0. The largest absolute Gasteiger partial charge is 0.507 e. The standard InChI is InChI=1S/C14H17NO3/c16-10-2-1-3-11(17)12(10)14(18)15-13(8-4-5-8)9-6-7-9/h1-3,8-9,13,16-17H,4-7H2,(H,15,18). The summed E-state index contributed by atoms with van der Waals surface area (Å²) in [5.41, 5.74) is -0.0104. The molecule has 3 rings (SSSR count). The zero-order chi connectivity index (χ0) is 12.7. The highest BCUT2D eigenvalue weighted by atomic mass is 16.3. The highest BCUT2D eigenvalue weighted by molar-refractivity contribution is 5.99. The highest BCUT2D eigenvalue weighted by Gasteiger charge is 2.42. The number of benzene rings is 1. The van der Waals surface area contributed by atoms with Gasteiger partial charge in [0.05, 0.1) is 0 Å². The minimum absolute atomic E-state index is 0.0104. The van der Waals surface area contributed by atoms with E-state index >= 15 is 0 Å². The second-order valence-electron chi connectivity index (χ2n) is 5.35. The SMILES string of the molecule is O=C(NC(C1CC1)C1CC1)c1c(O)cccc1O. The molecule has 1 amide bonds. The molecular weight excluding hydrogens is 230 g/mol. The molecule has 3 N–H and O–H groups in total. The van der Waals surface area contributed by atoms with Gasteiger partial charge in [0.1, 0.15) is 17.1 Å². The molecule has 1 aromatic rings. The van der Waals surface area contributed by atoms with Gasteiger partial charge in [0.25, 0.3) is 5.91 Å². The molecule has 0 unspecified atom stereocenters. The van der Waals surface area contributed by atoms with Crippen LogP contribution in [-0.4, -0.2) is 22.2 Å². The molecule has 0 heterocycles. The molecule has 2 fully saturated rings. The fourth-order valence-corrected chi connectivity index (χ4v) is 2.52. The van der Waals surface area contributed by atoms with Crippen LogP contribution in [0, 0.1) is 11.8 Å². The van der Waals surface area contributed by atoms with E-state index in [1.54, 1.807) is 0 Å². The van der Waals surface area contributed by atoms with Crippen LogP contribution in [0.1, 0.15) is 36.0 Å². The third kappa shape index (κ3) is 2.15. The zero-order valence-electron chi connectivity index (χ0n) is 10.1. The average molecular weight is 247 g/mol. The first kappa shape index (κ1) is 11.4. The zero-order valence-corrected chi connectivity index (χ0v) is 10.1. The summed E-state index contributed by atoms with van der Waals surface area (Å²) in [5.74, 6) is 0.481. The molecule has 18 heavy (non-hydrogen) atoms. The number of phenols is 2. The van der Waals surface area contributed by atoms with Crippen LogP contribution in [0.4, 0.5) is 0 Å². The number of amides is 1. The van der Waals surface area contributed by atoms with Crippen LogP contribution >= 0.6 is 0 Å². The number of phenolic OH excluding ortho intramolecular Hbond substituents is 2. The van der Waals surface area contributed by atoms with Crippen molar-refractivity contribution >= 4 is 5.91 Å². The van der Waals surface area contributed by atoms with Crippen molar-refractivity contribution in [3.63, 3.8) is 0 Å². The Morgan fingerprint density at radius 3 is 2.06 bits per heavy atom. The van der Waals surface area contributed by atoms with Crippen LogP contribution in [0.25, 0.3) is 0 Å². The van der Waals surface area contributed by atoms with Crippen LogP contribution in [0.15, 0.2) is 18.2 Å². The lowest BCUT2D eigenvalue weighted by atomic mass is 10.1. The van der Waals surface area contributed by atoms with Crippen LogP contribution in [0.3, 0.4) is 0 Å². The normalized spacial score (nSPS) is 18.9. The summed E-state index contributed by atoms with van der Waals surface area (Å²) < 4.78 is 0. The Hall–Kier alpha value is -1.71. The second-order valence-corrected chi connectivity index (χ2v) is 5.35. The topological polar surface area (TPSA) is 69.6 Å². The number of rotatable bonds is 4. The Morgan fingerprint density at radius 2 is 1.61 bits per heavy atom. The molecule has 0 bridgehead atoms. The van der Waals surface area contributed by atoms with E-state index in [0.717, 1.165) is 0 Å². The lowest BCUT2D eigenvalue weighted by Crippen LogP contribution is -2.38. The van der Waals surface area contributed by atoms with Crippen molar-refractivity contribution in [1.82, 2.24) is 5.32 Å². The number of nitrogens with one attached hydrogen (secondary N) is 1. The van der Waals surface area contributed by atoms with E-state index in [1.807, 2.05) is 0 Å². The Labute approximate surface area is 106 Å². The predicted octanol–water partition coefficient (Wildman–Crippen LogP) is 2.02. The smallest absolute Gasteiger partial charge is 0.259 e. The summed E-state index contributed by atoms with van der Waals surface area (Å²) in [6.07, 6.45) is 4.70. The molecule has 4 heteroatoms. The minimum Gasteiger partial charge on any atom is -0.507 e. The van der Waals surface area contributed by atoms with Crippen molar-refractivity contribution in [1.29, 1.82) is 0 Å². The van der Waals surface area contributed by atoms with Gasteiger partial charge in [-0.3, -0.25) is 4.79 Å². The number of aromatic hydroxyl groups is 2. The van der Waals surface area contributed by atoms with E-state index in [-0.39, 0.29) is 29.0 Å². The summed E-state index contributed by atoms with van der Waals surface area (Å²) in [7, 11) is 0. The van der Waals surface area contributed by atoms with Crippen molar-refractivity contribution in [3.8, 4) is 11.5 Å². The maximum atomic E-state index is 12.1. The summed E-state index contributed by atoms with van der Waals surface area (Å²) in [4.78, 5) is 12.1. The van der Waals surface area contributed by atoms with E-state index in [0.29, 0.717) is 11.8 Å². The maximum absolute atomic E-state index is 12.1. The van der Waals surface area contributed by atoms with Gasteiger partial charge in [-0.25, -0.2) is 0 Å². The lowest BCUT2D eigenvalue weighted by Gasteiger charge is -2.18. The van der Waals surface area contributed by atoms with E-state index < -0.39 is 0 Å². The maximum Gasteiger partial charge on any atom is 0.259 e. The first-order chi connectivity index (χ1) is 8.66.